The molecule has 6 heteroatoms. The van der Waals surface area contributed by atoms with Crippen LogP contribution in [0.1, 0.15) is 41.4 Å². The number of likely N-dealkylation sites (tertiary alicyclic amines) is 1. The maximum absolute atomic E-state index is 12.2. The third-order valence-electron chi connectivity index (χ3n) is 5.33. The van der Waals surface area contributed by atoms with Crippen molar-refractivity contribution in [3.63, 3.8) is 0 Å². The number of aryl methyl sites for hydroxylation is 1. The lowest BCUT2D eigenvalue weighted by molar-refractivity contribution is 0.0491. The van der Waals surface area contributed by atoms with Gasteiger partial charge in [-0.3, -0.25) is 9.88 Å². The highest BCUT2D eigenvalue weighted by Crippen LogP contribution is 2.35. The van der Waals surface area contributed by atoms with Gasteiger partial charge in [-0.05, 0) is 50.5 Å². The van der Waals surface area contributed by atoms with Gasteiger partial charge in [0.15, 0.2) is 0 Å². The molecule has 0 bridgehead atoms. The van der Waals surface area contributed by atoms with E-state index in [9.17, 15) is 4.79 Å². The van der Waals surface area contributed by atoms with Crippen LogP contribution in [0.15, 0.2) is 47.1 Å². The molecule has 1 saturated heterocycles. The van der Waals surface area contributed by atoms with E-state index in [0.717, 1.165) is 49.2 Å². The molecule has 0 amide bonds. The van der Waals surface area contributed by atoms with Crippen molar-refractivity contribution in [2.75, 3.05) is 19.7 Å². The number of esters is 1. The van der Waals surface area contributed by atoms with Gasteiger partial charge in [-0.1, -0.05) is 12.1 Å². The van der Waals surface area contributed by atoms with E-state index in [4.69, 9.17) is 13.9 Å². The van der Waals surface area contributed by atoms with Crippen molar-refractivity contribution in [1.82, 2.24) is 9.88 Å². The number of nitrogens with zero attached hydrogens (tertiary/aromatic N) is 2. The molecular weight excluding hydrogens is 368 g/mol. The number of carbonyl (C=O) groups excluding carboxylic acids is 1. The molecule has 0 radical (unpaired) electrons. The van der Waals surface area contributed by atoms with Gasteiger partial charge in [0.2, 0.25) is 5.76 Å². The number of benzene rings is 1. The van der Waals surface area contributed by atoms with Crippen LogP contribution in [0.4, 0.5) is 0 Å². The number of carbonyl (C=O) groups is 1. The molecule has 1 aliphatic heterocycles. The SMILES string of the molecule is CCOC(=O)c1oc2cccc(OC3CCN(Cc4cccnc4)CC3)c2c1C. The minimum atomic E-state index is -0.434. The van der Waals surface area contributed by atoms with Crippen molar-refractivity contribution in [1.29, 1.82) is 0 Å². The molecule has 0 atom stereocenters. The number of rotatable bonds is 6. The Morgan fingerprint density at radius 2 is 2.07 bits per heavy atom. The Balaban J connectivity index is 1.44. The van der Waals surface area contributed by atoms with Crippen LogP contribution in [-0.4, -0.2) is 41.7 Å². The Labute approximate surface area is 170 Å². The van der Waals surface area contributed by atoms with Gasteiger partial charge in [-0.15, -0.1) is 0 Å². The van der Waals surface area contributed by atoms with E-state index in [-0.39, 0.29) is 11.9 Å². The molecule has 3 aromatic rings. The smallest absolute Gasteiger partial charge is 0.374 e. The second-order valence-corrected chi connectivity index (χ2v) is 7.36. The Hall–Kier alpha value is -2.86. The highest BCUT2D eigenvalue weighted by atomic mass is 16.5. The molecule has 152 valence electrons. The number of hydrogen-bond acceptors (Lipinski definition) is 6. The molecule has 1 fully saturated rings. The van der Waals surface area contributed by atoms with Crippen LogP contribution in [0.2, 0.25) is 0 Å². The molecule has 0 aliphatic carbocycles. The van der Waals surface area contributed by atoms with E-state index in [2.05, 4.69) is 16.0 Å². The van der Waals surface area contributed by atoms with Crippen LogP contribution in [0, 0.1) is 6.92 Å². The van der Waals surface area contributed by atoms with Crippen LogP contribution in [0.5, 0.6) is 5.75 Å². The summed E-state index contributed by atoms with van der Waals surface area (Å²) in [6.07, 6.45) is 5.78. The first-order valence-corrected chi connectivity index (χ1v) is 10.1. The summed E-state index contributed by atoms with van der Waals surface area (Å²) in [5, 5.41) is 0.855. The molecule has 2 aromatic heterocycles. The first-order chi connectivity index (χ1) is 14.2. The molecule has 1 aliphatic rings. The van der Waals surface area contributed by atoms with Crippen molar-refractivity contribution in [2.24, 2.45) is 0 Å². The highest BCUT2D eigenvalue weighted by molar-refractivity contribution is 5.98. The Morgan fingerprint density at radius 3 is 2.79 bits per heavy atom. The van der Waals surface area contributed by atoms with Crippen molar-refractivity contribution in [3.05, 3.63) is 59.6 Å². The Kier molecular flexibility index (Phi) is 5.81. The number of fused-ring (bicyclic) bond motifs is 1. The van der Waals surface area contributed by atoms with Crippen LogP contribution < -0.4 is 4.74 Å². The maximum Gasteiger partial charge on any atom is 0.374 e. The fourth-order valence-electron chi connectivity index (χ4n) is 3.87. The largest absolute Gasteiger partial charge is 0.490 e. The predicted octanol–water partition coefficient (Wildman–Crippen LogP) is 4.36. The summed E-state index contributed by atoms with van der Waals surface area (Å²) in [7, 11) is 0. The molecule has 6 nitrogen and oxygen atoms in total. The first kappa shape index (κ1) is 19.5. The number of pyridine rings is 1. The average molecular weight is 394 g/mol. The second kappa shape index (κ2) is 8.66. The summed E-state index contributed by atoms with van der Waals surface area (Å²) < 4.78 is 17.2. The van der Waals surface area contributed by atoms with E-state index in [1.807, 2.05) is 37.4 Å². The molecule has 0 spiro atoms. The minimum Gasteiger partial charge on any atom is -0.490 e. The Morgan fingerprint density at radius 1 is 1.24 bits per heavy atom. The normalized spacial score (nSPS) is 15.5. The van der Waals surface area contributed by atoms with E-state index < -0.39 is 5.97 Å². The summed E-state index contributed by atoms with van der Waals surface area (Å²) in [4.78, 5) is 18.8. The third kappa shape index (κ3) is 4.27. The standard InChI is InChI=1S/C23H26N2O4/c1-3-27-23(26)22-16(2)21-19(7-4-8-20(21)29-22)28-18-9-12-25(13-10-18)15-17-6-5-11-24-14-17/h4-8,11,14,18H,3,9-10,12-13,15H2,1-2H3. The molecular formula is C23H26N2O4. The van der Waals surface area contributed by atoms with Crippen molar-refractivity contribution in [2.45, 2.75) is 39.3 Å². The number of ether oxygens (including phenoxy) is 2. The lowest BCUT2D eigenvalue weighted by Crippen LogP contribution is -2.37. The van der Waals surface area contributed by atoms with Crippen LogP contribution in [-0.2, 0) is 11.3 Å². The summed E-state index contributed by atoms with van der Waals surface area (Å²) in [6.45, 7) is 6.85. The van der Waals surface area contributed by atoms with Gasteiger partial charge in [0.1, 0.15) is 17.4 Å². The molecule has 4 rings (SSSR count). The average Bonchev–Trinajstić information content (AvgIpc) is 3.08. The number of piperidine rings is 1. The zero-order valence-electron chi connectivity index (χ0n) is 16.9. The van der Waals surface area contributed by atoms with Crippen molar-refractivity contribution < 1.29 is 18.7 Å². The van der Waals surface area contributed by atoms with Gasteiger partial charge in [0, 0.05) is 37.6 Å². The number of furan rings is 1. The minimum absolute atomic E-state index is 0.145. The summed E-state index contributed by atoms with van der Waals surface area (Å²) in [5.41, 5.74) is 2.65. The summed E-state index contributed by atoms with van der Waals surface area (Å²) >= 11 is 0. The van der Waals surface area contributed by atoms with E-state index in [1.165, 1.54) is 5.56 Å². The van der Waals surface area contributed by atoms with Gasteiger partial charge in [-0.25, -0.2) is 4.79 Å². The highest BCUT2D eigenvalue weighted by Gasteiger charge is 2.24. The van der Waals surface area contributed by atoms with E-state index in [0.29, 0.717) is 12.2 Å². The number of hydrogen-bond donors (Lipinski definition) is 0. The zero-order chi connectivity index (χ0) is 20.2. The second-order valence-electron chi connectivity index (χ2n) is 7.36. The quantitative estimate of drug-likeness (QED) is 0.579. The molecule has 0 saturated carbocycles. The molecule has 29 heavy (non-hydrogen) atoms. The lowest BCUT2D eigenvalue weighted by Gasteiger charge is -2.32. The monoisotopic (exact) mass is 394 g/mol. The fourth-order valence-corrected chi connectivity index (χ4v) is 3.87. The van der Waals surface area contributed by atoms with Gasteiger partial charge >= 0.3 is 5.97 Å². The van der Waals surface area contributed by atoms with E-state index in [1.54, 1.807) is 13.1 Å². The topological polar surface area (TPSA) is 64.8 Å². The molecule has 1 aromatic carbocycles. The molecule has 3 heterocycles. The van der Waals surface area contributed by atoms with Gasteiger partial charge in [-0.2, -0.15) is 0 Å². The third-order valence-corrected chi connectivity index (χ3v) is 5.33. The fraction of sp³-hybridized carbons (Fsp3) is 0.391. The first-order valence-electron chi connectivity index (χ1n) is 10.1. The summed E-state index contributed by atoms with van der Waals surface area (Å²) in [5.74, 6) is 0.588. The van der Waals surface area contributed by atoms with Crippen LogP contribution in [0.3, 0.4) is 0 Å². The van der Waals surface area contributed by atoms with Crippen LogP contribution >= 0.6 is 0 Å². The maximum atomic E-state index is 12.2. The van der Waals surface area contributed by atoms with Crippen molar-refractivity contribution >= 4 is 16.9 Å². The van der Waals surface area contributed by atoms with Gasteiger partial charge in [0.05, 0.1) is 12.0 Å². The van der Waals surface area contributed by atoms with Gasteiger partial charge < -0.3 is 13.9 Å². The zero-order valence-corrected chi connectivity index (χ0v) is 16.9. The molecule has 0 N–H and O–H groups in total. The van der Waals surface area contributed by atoms with Gasteiger partial charge in [0.25, 0.3) is 0 Å². The van der Waals surface area contributed by atoms with Crippen LogP contribution in [0.25, 0.3) is 11.0 Å². The lowest BCUT2D eigenvalue weighted by atomic mass is 10.1. The van der Waals surface area contributed by atoms with E-state index >= 15 is 0 Å². The summed E-state index contributed by atoms with van der Waals surface area (Å²) in [6, 6.07) is 9.78. The Bertz CT molecular complexity index is 975. The predicted molar refractivity (Wildman–Crippen MR) is 110 cm³/mol. The van der Waals surface area contributed by atoms with Crippen molar-refractivity contribution in [3.8, 4) is 5.75 Å². The number of aromatic nitrogens is 1. The molecule has 0 unspecified atom stereocenters.